The van der Waals surface area contributed by atoms with Crippen LogP contribution in [0.15, 0.2) is 42.6 Å². The second kappa shape index (κ2) is 5.68. The lowest BCUT2D eigenvalue weighted by Crippen LogP contribution is -2.17. The minimum absolute atomic E-state index is 0.000193. The maximum absolute atomic E-state index is 12.2. The fourth-order valence-corrected chi connectivity index (χ4v) is 1.52. The number of nitrogens with zero attached hydrogens (tertiary/aromatic N) is 1. The van der Waals surface area contributed by atoms with E-state index in [1.807, 2.05) is 0 Å². The summed E-state index contributed by atoms with van der Waals surface area (Å²) in [5.41, 5.74) is 6.19. The van der Waals surface area contributed by atoms with Crippen LogP contribution < -0.4 is 15.2 Å². The van der Waals surface area contributed by atoms with Crippen molar-refractivity contribution in [3.05, 3.63) is 48.2 Å². The van der Waals surface area contributed by atoms with Gasteiger partial charge >= 0.3 is 6.36 Å². The van der Waals surface area contributed by atoms with Gasteiger partial charge in [-0.1, -0.05) is 12.1 Å². The number of para-hydroxylation sites is 2. The van der Waals surface area contributed by atoms with Gasteiger partial charge in [0.05, 0.1) is 0 Å². The van der Waals surface area contributed by atoms with Gasteiger partial charge in [-0.25, -0.2) is 4.98 Å². The van der Waals surface area contributed by atoms with Crippen LogP contribution in [0.3, 0.4) is 0 Å². The zero-order valence-electron chi connectivity index (χ0n) is 10.2. The third-order valence-electron chi connectivity index (χ3n) is 2.31. The summed E-state index contributed by atoms with van der Waals surface area (Å²) in [6, 6.07) is 8.80. The van der Waals surface area contributed by atoms with Crippen molar-refractivity contribution in [1.29, 1.82) is 0 Å². The summed E-state index contributed by atoms with van der Waals surface area (Å²) in [7, 11) is 0. The summed E-state index contributed by atoms with van der Waals surface area (Å²) in [6.45, 7) is 0.0605. The van der Waals surface area contributed by atoms with Crippen LogP contribution in [0.25, 0.3) is 0 Å². The fourth-order valence-electron chi connectivity index (χ4n) is 1.52. The van der Waals surface area contributed by atoms with Crippen LogP contribution >= 0.6 is 0 Å². The van der Waals surface area contributed by atoms with E-state index < -0.39 is 6.36 Å². The Morgan fingerprint density at radius 1 is 1.10 bits per heavy atom. The van der Waals surface area contributed by atoms with Crippen LogP contribution in [-0.4, -0.2) is 11.3 Å². The van der Waals surface area contributed by atoms with Crippen molar-refractivity contribution in [3.63, 3.8) is 0 Å². The van der Waals surface area contributed by atoms with Gasteiger partial charge in [0.25, 0.3) is 0 Å². The summed E-state index contributed by atoms with van der Waals surface area (Å²) in [5.74, 6) is -0.0758. The number of hydrogen-bond acceptors (Lipinski definition) is 4. The molecule has 0 unspecified atom stereocenters. The van der Waals surface area contributed by atoms with Crippen molar-refractivity contribution in [2.45, 2.75) is 13.0 Å². The van der Waals surface area contributed by atoms with Crippen molar-refractivity contribution in [1.82, 2.24) is 4.98 Å². The van der Waals surface area contributed by atoms with Gasteiger partial charge in [-0.15, -0.1) is 13.2 Å². The van der Waals surface area contributed by atoms with Gasteiger partial charge < -0.3 is 15.2 Å². The highest BCUT2D eigenvalue weighted by molar-refractivity contribution is 5.40. The Bertz CT molecular complexity index is 588. The van der Waals surface area contributed by atoms with Crippen LogP contribution in [-0.2, 0) is 6.61 Å². The van der Waals surface area contributed by atoms with E-state index in [0.717, 1.165) is 0 Å². The molecule has 20 heavy (non-hydrogen) atoms. The molecule has 0 amide bonds. The van der Waals surface area contributed by atoms with E-state index in [1.165, 1.54) is 24.4 Å². The zero-order chi connectivity index (χ0) is 14.6. The number of pyridine rings is 1. The first-order valence-corrected chi connectivity index (χ1v) is 5.62. The second-order valence-electron chi connectivity index (χ2n) is 3.87. The highest BCUT2D eigenvalue weighted by Gasteiger charge is 2.32. The molecule has 2 aromatic rings. The number of halogens is 3. The number of rotatable bonds is 4. The van der Waals surface area contributed by atoms with Crippen molar-refractivity contribution < 1.29 is 22.6 Å². The molecule has 4 nitrogen and oxygen atoms in total. The van der Waals surface area contributed by atoms with Crippen LogP contribution in [0, 0.1) is 0 Å². The lowest BCUT2D eigenvalue weighted by molar-refractivity contribution is -0.275. The summed E-state index contributed by atoms with van der Waals surface area (Å²) in [4.78, 5) is 3.81. The molecule has 0 fully saturated rings. The molecule has 2 rings (SSSR count). The molecule has 2 N–H and O–H groups in total. The molecule has 0 saturated carbocycles. The van der Waals surface area contributed by atoms with Crippen molar-refractivity contribution >= 4 is 5.82 Å². The third kappa shape index (κ3) is 4.04. The molecule has 106 valence electrons. The molecule has 1 aromatic carbocycles. The minimum atomic E-state index is -4.76. The van der Waals surface area contributed by atoms with Gasteiger partial charge in [-0.05, 0) is 29.8 Å². The predicted octanol–water partition coefficient (Wildman–Crippen LogP) is 3.14. The average molecular weight is 284 g/mol. The van der Waals surface area contributed by atoms with Crippen molar-refractivity contribution in [2.24, 2.45) is 0 Å². The standard InChI is InChI=1S/C13H11F3N2O2/c14-13(15,16)20-11-4-2-1-3-10(11)19-8-9-5-6-18-12(17)7-9/h1-7H,8H2,(H2,17,18). The maximum Gasteiger partial charge on any atom is 0.573 e. The van der Waals surface area contributed by atoms with E-state index >= 15 is 0 Å². The molecule has 0 aliphatic heterocycles. The summed E-state index contributed by atoms with van der Waals surface area (Å²) < 4.78 is 45.9. The fraction of sp³-hybridized carbons (Fsp3) is 0.154. The van der Waals surface area contributed by atoms with Gasteiger partial charge in [0.15, 0.2) is 11.5 Å². The lowest BCUT2D eigenvalue weighted by atomic mass is 10.2. The smallest absolute Gasteiger partial charge is 0.485 e. The van der Waals surface area contributed by atoms with Crippen LogP contribution in [0.1, 0.15) is 5.56 Å². The van der Waals surface area contributed by atoms with E-state index in [9.17, 15) is 13.2 Å². The van der Waals surface area contributed by atoms with Crippen molar-refractivity contribution in [3.8, 4) is 11.5 Å². The number of alkyl halides is 3. The quantitative estimate of drug-likeness (QED) is 0.937. The first kappa shape index (κ1) is 14.0. The molecule has 1 heterocycles. The Hall–Kier alpha value is -2.44. The highest BCUT2D eigenvalue weighted by Crippen LogP contribution is 2.32. The molecule has 1 aromatic heterocycles. The van der Waals surface area contributed by atoms with E-state index in [0.29, 0.717) is 11.4 Å². The Labute approximate surface area is 113 Å². The SMILES string of the molecule is Nc1cc(COc2ccccc2OC(F)(F)F)ccn1. The van der Waals surface area contributed by atoms with E-state index in [-0.39, 0.29) is 18.1 Å². The number of anilines is 1. The Morgan fingerprint density at radius 3 is 2.45 bits per heavy atom. The number of nitrogen functional groups attached to an aromatic ring is 1. The minimum Gasteiger partial charge on any atom is -0.485 e. The first-order valence-electron chi connectivity index (χ1n) is 5.62. The maximum atomic E-state index is 12.2. The van der Waals surface area contributed by atoms with E-state index in [1.54, 1.807) is 18.2 Å². The van der Waals surface area contributed by atoms with Gasteiger partial charge in [-0.2, -0.15) is 0 Å². The average Bonchev–Trinajstić information content (AvgIpc) is 2.36. The van der Waals surface area contributed by atoms with Gasteiger partial charge in [0, 0.05) is 6.20 Å². The van der Waals surface area contributed by atoms with E-state index in [2.05, 4.69) is 9.72 Å². The lowest BCUT2D eigenvalue weighted by Gasteiger charge is -2.13. The summed E-state index contributed by atoms with van der Waals surface area (Å²) in [5, 5.41) is 0. The topological polar surface area (TPSA) is 57.4 Å². The van der Waals surface area contributed by atoms with E-state index in [4.69, 9.17) is 10.5 Å². The van der Waals surface area contributed by atoms with Gasteiger partial charge in [0.1, 0.15) is 12.4 Å². The largest absolute Gasteiger partial charge is 0.573 e. The Morgan fingerprint density at radius 2 is 1.80 bits per heavy atom. The summed E-state index contributed by atoms with van der Waals surface area (Å²) in [6.07, 6.45) is -3.27. The van der Waals surface area contributed by atoms with Crippen LogP contribution in [0.5, 0.6) is 11.5 Å². The van der Waals surface area contributed by atoms with Crippen LogP contribution in [0.4, 0.5) is 19.0 Å². The highest BCUT2D eigenvalue weighted by atomic mass is 19.4. The predicted molar refractivity (Wildman–Crippen MR) is 66.1 cm³/mol. The van der Waals surface area contributed by atoms with Crippen LogP contribution in [0.2, 0.25) is 0 Å². The third-order valence-corrected chi connectivity index (χ3v) is 2.31. The first-order chi connectivity index (χ1) is 9.44. The Balaban J connectivity index is 2.09. The molecule has 0 atom stereocenters. The zero-order valence-corrected chi connectivity index (χ0v) is 10.2. The number of ether oxygens (including phenoxy) is 2. The number of nitrogens with two attached hydrogens (primary N) is 1. The number of benzene rings is 1. The molecule has 0 aliphatic rings. The number of aromatic nitrogens is 1. The molecule has 0 aliphatic carbocycles. The Kier molecular flexibility index (Phi) is 3.97. The molecule has 7 heteroatoms. The molecule has 0 saturated heterocycles. The van der Waals surface area contributed by atoms with Gasteiger partial charge in [0.2, 0.25) is 0 Å². The normalized spacial score (nSPS) is 11.2. The van der Waals surface area contributed by atoms with Gasteiger partial charge in [-0.3, -0.25) is 0 Å². The molecule has 0 radical (unpaired) electrons. The molecular weight excluding hydrogens is 273 g/mol. The molecule has 0 spiro atoms. The number of hydrogen-bond donors (Lipinski definition) is 1. The summed E-state index contributed by atoms with van der Waals surface area (Å²) >= 11 is 0. The monoisotopic (exact) mass is 284 g/mol. The second-order valence-corrected chi connectivity index (χ2v) is 3.87. The molecular formula is C13H11F3N2O2. The molecule has 0 bridgehead atoms. The van der Waals surface area contributed by atoms with Crippen molar-refractivity contribution in [2.75, 3.05) is 5.73 Å².